The van der Waals surface area contributed by atoms with Crippen molar-refractivity contribution in [3.63, 3.8) is 0 Å². The third kappa shape index (κ3) is 2.09. The number of carbonyl (C=O) groups is 1. The van der Waals surface area contributed by atoms with E-state index in [4.69, 9.17) is 0 Å². The molecule has 1 aliphatic rings. The van der Waals surface area contributed by atoms with Crippen LogP contribution in [0.1, 0.15) is 35.4 Å². The molecule has 2 aromatic heterocycles. The number of hydrogen-bond donors (Lipinski definition) is 1. The maximum atomic E-state index is 12.5. The molecular weight excluding hydrogens is 254 g/mol. The first-order chi connectivity index (χ1) is 9.68. The zero-order valence-electron chi connectivity index (χ0n) is 11.5. The molecular formula is C15H17N3O2. The van der Waals surface area contributed by atoms with Crippen molar-refractivity contribution in [2.75, 3.05) is 13.1 Å². The topological polar surface area (TPSA) is 66.3 Å². The third-order valence-corrected chi connectivity index (χ3v) is 3.77. The lowest BCUT2D eigenvalue weighted by Gasteiger charge is -2.26. The number of fused-ring (bicyclic) bond motifs is 1. The predicted octanol–water partition coefficient (Wildman–Crippen LogP) is 2.27. The van der Waals surface area contributed by atoms with Crippen molar-refractivity contribution >= 4 is 16.8 Å². The van der Waals surface area contributed by atoms with Gasteiger partial charge in [-0.2, -0.15) is 0 Å². The van der Waals surface area contributed by atoms with Gasteiger partial charge in [0, 0.05) is 30.4 Å². The fraction of sp³-hybridized carbons (Fsp3) is 0.400. The zero-order valence-corrected chi connectivity index (χ0v) is 11.5. The van der Waals surface area contributed by atoms with Gasteiger partial charge in [-0.05, 0) is 38.3 Å². The maximum absolute atomic E-state index is 12.5. The van der Waals surface area contributed by atoms with E-state index in [1.165, 1.54) is 0 Å². The quantitative estimate of drug-likeness (QED) is 0.864. The van der Waals surface area contributed by atoms with E-state index in [0.29, 0.717) is 11.2 Å². The lowest BCUT2D eigenvalue weighted by molar-refractivity contribution is 0.0715. The lowest BCUT2D eigenvalue weighted by Crippen LogP contribution is -2.36. The van der Waals surface area contributed by atoms with Crippen molar-refractivity contribution in [3.8, 4) is 5.75 Å². The van der Waals surface area contributed by atoms with Crippen LogP contribution in [0, 0.1) is 6.92 Å². The summed E-state index contributed by atoms with van der Waals surface area (Å²) in [5.74, 6) is -0.306. The van der Waals surface area contributed by atoms with Gasteiger partial charge < -0.3 is 10.0 Å². The molecule has 20 heavy (non-hydrogen) atoms. The van der Waals surface area contributed by atoms with Gasteiger partial charge in [0.1, 0.15) is 5.52 Å². The summed E-state index contributed by atoms with van der Waals surface area (Å²) >= 11 is 0. The van der Waals surface area contributed by atoms with Gasteiger partial charge in [0.05, 0.1) is 0 Å². The van der Waals surface area contributed by atoms with E-state index in [2.05, 4.69) is 9.97 Å². The summed E-state index contributed by atoms with van der Waals surface area (Å²) in [4.78, 5) is 22.7. The van der Waals surface area contributed by atoms with Gasteiger partial charge in [0.15, 0.2) is 11.4 Å². The number of aryl methyl sites for hydroxylation is 1. The van der Waals surface area contributed by atoms with Gasteiger partial charge in [-0.25, -0.2) is 4.98 Å². The number of piperidine rings is 1. The van der Waals surface area contributed by atoms with Gasteiger partial charge in [0.25, 0.3) is 5.91 Å². The molecule has 0 atom stereocenters. The summed E-state index contributed by atoms with van der Waals surface area (Å²) in [5.41, 5.74) is 1.28. The van der Waals surface area contributed by atoms with Crippen LogP contribution in [0.4, 0.5) is 0 Å². The average Bonchev–Trinajstić information content (AvgIpc) is 2.51. The van der Waals surface area contributed by atoms with E-state index in [-0.39, 0.29) is 17.4 Å². The first-order valence-corrected chi connectivity index (χ1v) is 6.92. The second kappa shape index (κ2) is 5.07. The number of hydrogen-bond acceptors (Lipinski definition) is 4. The van der Waals surface area contributed by atoms with Gasteiger partial charge in [0.2, 0.25) is 0 Å². The van der Waals surface area contributed by atoms with Crippen molar-refractivity contribution in [1.82, 2.24) is 14.9 Å². The number of pyridine rings is 2. The van der Waals surface area contributed by atoms with Crippen molar-refractivity contribution in [2.24, 2.45) is 0 Å². The lowest BCUT2D eigenvalue weighted by atomic mass is 10.1. The third-order valence-electron chi connectivity index (χ3n) is 3.77. The Labute approximate surface area is 117 Å². The summed E-state index contributed by atoms with van der Waals surface area (Å²) < 4.78 is 0. The Hall–Kier alpha value is -2.17. The number of carbonyl (C=O) groups excluding carboxylic acids is 1. The Kier molecular flexibility index (Phi) is 3.26. The standard InChI is InChI=1S/C15H17N3O2/c1-10-11-6-5-7-16-12(11)14(19)13(17-10)15(20)18-8-3-2-4-9-18/h5-7,19H,2-4,8-9H2,1H3. The predicted molar refractivity (Wildman–Crippen MR) is 75.7 cm³/mol. The second-order valence-corrected chi connectivity index (χ2v) is 5.15. The second-order valence-electron chi connectivity index (χ2n) is 5.15. The summed E-state index contributed by atoms with van der Waals surface area (Å²) in [6.07, 6.45) is 4.78. The molecule has 0 aromatic carbocycles. The molecule has 5 heteroatoms. The van der Waals surface area contributed by atoms with Gasteiger partial charge in [-0.3, -0.25) is 9.78 Å². The van der Waals surface area contributed by atoms with Gasteiger partial charge >= 0.3 is 0 Å². The minimum atomic E-state index is -0.196. The molecule has 0 unspecified atom stereocenters. The SMILES string of the molecule is Cc1nc(C(=O)N2CCCCC2)c(O)c2ncccc12. The molecule has 1 amide bonds. The van der Waals surface area contributed by atoms with Crippen molar-refractivity contribution in [1.29, 1.82) is 0 Å². The number of aromatic nitrogens is 2. The van der Waals surface area contributed by atoms with Crippen LogP contribution in [0.3, 0.4) is 0 Å². The fourth-order valence-electron chi connectivity index (χ4n) is 2.67. The Morgan fingerprint density at radius 2 is 2.05 bits per heavy atom. The zero-order chi connectivity index (χ0) is 14.1. The van der Waals surface area contributed by atoms with E-state index in [9.17, 15) is 9.90 Å². The molecule has 0 spiro atoms. The van der Waals surface area contributed by atoms with Crippen molar-refractivity contribution in [3.05, 3.63) is 29.7 Å². The van der Waals surface area contributed by atoms with Gasteiger partial charge in [-0.15, -0.1) is 0 Å². The van der Waals surface area contributed by atoms with Crippen LogP contribution in [0.5, 0.6) is 5.75 Å². The van der Waals surface area contributed by atoms with Crippen LogP contribution in [-0.2, 0) is 0 Å². The van der Waals surface area contributed by atoms with Crippen molar-refractivity contribution in [2.45, 2.75) is 26.2 Å². The highest BCUT2D eigenvalue weighted by molar-refractivity contribution is 6.01. The number of nitrogens with zero attached hydrogens (tertiary/aromatic N) is 3. The smallest absolute Gasteiger partial charge is 0.276 e. The number of likely N-dealkylation sites (tertiary alicyclic amines) is 1. The van der Waals surface area contributed by atoms with Crippen molar-refractivity contribution < 1.29 is 9.90 Å². The minimum Gasteiger partial charge on any atom is -0.504 e. The van der Waals surface area contributed by atoms with E-state index in [1.807, 2.05) is 13.0 Å². The van der Waals surface area contributed by atoms with E-state index in [0.717, 1.165) is 37.7 Å². The Morgan fingerprint density at radius 3 is 2.80 bits per heavy atom. The van der Waals surface area contributed by atoms with Crippen LogP contribution >= 0.6 is 0 Å². The molecule has 3 heterocycles. The number of rotatable bonds is 1. The molecule has 0 bridgehead atoms. The van der Waals surface area contributed by atoms with E-state index in [1.54, 1.807) is 17.2 Å². The molecule has 1 aliphatic heterocycles. The molecule has 0 radical (unpaired) electrons. The highest BCUT2D eigenvalue weighted by atomic mass is 16.3. The summed E-state index contributed by atoms with van der Waals surface area (Å²) in [6.45, 7) is 3.30. The molecule has 1 saturated heterocycles. The van der Waals surface area contributed by atoms with Crippen LogP contribution in [0.15, 0.2) is 18.3 Å². The van der Waals surface area contributed by atoms with Crippen LogP contribution in [0.25, 0.3) is 10.9 Å². The first kappa shape index (κ1) is 12.8. The molecule has 0 saturated carbocycles. The molecule has 3 rings (SSSR count). The normalized spacial score (nSPS) is 15.6. The Bertz CT molecular complexity index is 663. The van der Waals surface area contributed by atoms with Crippen LogP contribution in [-0.4, -0.2) is 39.0 Å². The monoisotopic (exact) mass is 271 g/mol. The highest BCUT2D eigenvalue weighted by Crippen LogP contribution is 2.28. The fourth-order valence-corrected chi connectivity index (χ4v) is 2.67. The van der Waals surface area contributed by atoms with Crippen LogP contribution in [0.2, 0.25) is 0 Å². The number of amides is 1. The molecule has 0 aliphatic carbocycles. The maximum Gasteiger partial charge on any atom is 0.276 e. The Balaban J connectivity index is 2.07. The van der Waals surface area contributed by atoms with E-state index < -0.39 is 0 Å². The molecule has 104 valence electrons. The molecule has 1 N–H and O–H groups in total. The minimum absolute atomic E-state index is 0.109. The molecule has 5 nitrogen and oxygen atoms in total. The summed E-state index contributed by atoms with van der Waals surface area (Å²) in [5, 5.41) is 11.1. The number of aromatic hydroxyl groups is 1. The summed E-state index contributed by atoms with van der Waals surface area (Å²) in [6, 6.07) is 3.64. The van der Waals surface area contributed by atoms with Crippen LogP contribution < -0.4 is 0 Å². The van der Waals surface area contributed by atoms with E-state index >= 15 is 0 Å². The highest BCUT2D eigenvalue weighted by Gasteiger charge is 2.24. The Morgan fingerprint density at radius 1 is 1.30 bits per heavy atom. The average molecular weight is 271 g/mol. The largest absolute Gasteiger partial charge is 0.504 e. The van der Waals surface area contributed by atoms with Gasteiger partial charge in [-0.1, -0.05) is 0 Å². The summed E-state index contributed by atoms with van der Waals surface area (Å²) in [7, 11) is 0. The first-order valence-electron chi connectivity index (χ1n) is 6.92. The molecule has 1 fully saturated rings. The molecule has 2 aromatic rings.